The van der Waals surface area contributed by atoms with Gasteiger partial charge in [0, 0.05) is 46.0 Å². The fourth-order valence-electron chi connectivity index (χ4n) is 4.94. The van der Waals surface area contributed by atoms with Gasteiger partial charge in [-0.1, -0.05) is 60.5 Å². The highest BCUT2D eigenvalue weighted by Crippen LogP contribution is 2.37. The molecule has 3 aromatic rings. The van der Waals surface area contributed by atoms with Crippen molar-refractivity contribution in [3.63, 3.8) is 0 Å². The van der Waals surface area contributed by atoms with E-state index >= 15 is 0 Å². The second-order valence-electron chi connectivity index (χ2n) is 10.7. The van der Waals surface area contributed by atoms with E-state index in [0.717, 1.165) is 16.5 Å². The third kappa shape index (κ3) is 5.97. The van der Waals surface area contributed by atoms with Crippen LogP contribution in [0.4, 0.5) is 5.69 Å². The number of amides is 3. The Labute approximate surface area is 233 Å². The second-order valence-corrected chi connectivity index (χ2v) is 11.5. The molecule has 4 rings (SSSR count). The molecule has 0 aromatic heterocycles. The van der Waals surface area contributed by atoms with Crippen molar-refractivity contribution in [3.05, 3.63) is 75.8 Å². The van der Waals surface area contributed by atoms with Crippen LogP contribution in [-0.2, 0) is 16.1 Å². The molecule has 0 saturated heterocycles. The van der Waals surface area contributed by atoms with E-state index in [2.05, 4.69) is 5.32 Å². The summed E-state index contributed by atoms with van der Waals surface area (Å²) in [5.41, 5.74) is 1.83. The van der Waals surface area contributed by atoms with E-state index in [1.54, 1.807) is 28.0 Å². The lowest BCUT2D eigenvalue weighted by Gasteiger charge is -2.33. The molecule has 1 atom stereocenters. The minimum absolute atomic E-state index is 0.0509. The van der Waals surface area contributed by atoms with Crippen LogP contribution in [0.15, 0.2) is 54.6 Å². The normalized spacial score (nSPS) is 13.6. The average molecular weight is 555 g/mol. The molecule has 6 nitrogen and oxygen atoms in total. The van der Waals surface area contributed by atoms with Crippen molar-refractivity contribution in [1.82, 2.24) is 10.2 Å². The molecule has 3 aromatic carbocycles. The summed E-state index contributed by atoms with van der Waals surface area (Å²) in [4.78, 5) is 43.3. The minimum Gasteiger partial charge on any atom is -0.350 e. The first-order valence-electron chi connectivity index (χ1n) is 12.9. The number of carbonyl (C=O) groups excluding carboxylic acids is 3. The molecule has 38 heavy (non-hydrogen) atoms. The predicted molar refractivity (Wildman–Crippen MR) is 154 cm³/mol. The van der Waals surface area contributed by atoms with Gasteiger partial charge in [-0.3, -0.25) is 14.4 Å². The quantitative estimate of drug-likeness (QED) is 0.324. The number of benzene rings is 3. The van der Waals surface area contributed by atoms with Gasteiger partial charge in [-0.15, -0.1) is 0 Å². The van der Waals surface area contributed by atoms with Crippen molar-refractivity contribution >= 4 is 57.4 Å². The SMILES string of the molecule is CC[C@@H](C(=O)NC(C)(C)C)N(Cc1ccc(Cl)cc1Cl)C(=O)CCCN1C(=O)c2cccc3cccc1c23. The van der Waals surface area contributed by atoms with Crippen LogP contribution in [0.25, 0.3) is 10.8 Å². The Hall–Kier alpha value is -3.09. The van der Waals surface area contributed by atoms with Crippen LogP contribution in [-0.4, -0.2) is 40.7 Å². The third-order valence-corrected chi connectivity index (χ3v) is 7.25. The molecule has 1 N–H and O–H groups in total. The van der Waals surface area contributed by atoms with Gasteiger partial charge < -0.3 is 15.1 Å². The Morgan fingerprint density at radius 2 is 1.76 bits per heavy atom. The molecule has 0 unspecified atom stereocenters. The van der Waals surface area contributed by atoms with Crippen molar-refractivity contribution < 1.29 is 14.4 Å². The fourth-order valence-corrected chi connectivity index (χ4v) is 5.41. The molecule has 0 aliphatic carbocycles. The van der Waals surface area contributed by atoms with Crippen LogP contribution in [0.3, 0.4) is 0 Å². The van der Waals surface area contributed by atoms with E-state index in [4.69, 9.17) is 23.2 Å². The molecule has 0 radical (unpaired) electrons. The Balaban J connectivity index is 1.52. The molecule has 3 amide bonds. The summed E-state index contributed by atoms with van der Waals surface area (Å²) in [5.74, 6) is -0.436. The number of carbonyl (C=O) groups is 3. The minimum atomic E-state index is -0.667. The molecule has 0 spiro atoms. The van der Waals surface area contributed by atoms with Gasteiger partial charge in [0.05, 0.1) is 5.69 Å². The number of hydrogen-bond donors (Lipinski definition) is 1. The molecular formula is C30H33Cl2N3O3. The van der Waals surface area contributed by atoms with E-state index < -0.39 is 11.6 Å². The van der Waals surface area contributed by atoms with Crippen molar-refractivity contribution in [2.45, 2.75) is 65.1 Å². The lowest BCUT2D eigenvalue weighted by atomic mass is 10.0. The molecule has 0 bridgehead atoms. The maximum Gasteiger partial charge on any atom is 0.258 e. The van der Waals surface area contributed by atoms with Crippen LogP contribution >= 0.6 is 23.2 Å². The Kier molecular flexibility index (Phi) is 8.34. The number of anilines is 1. The Bertz CT molecular complexity index is 1380. The summed E-state index contributed by atoms with van der Waals surface area (Å²) < 4.78 is 0. The number of nitrogens with zero attached hydrogens (tertiary/aromatic N) is 2. The first-order chi connectivity index (χ1) is 18.0. The first kappa shape index (κ1) is 27.9. The molecule has 8 heteroatoms. The van der Waals surface area contributed by atoms with Gasteiger partial charge in [-0.05, 0) is 68.8 Å². The van der Waals surface area contributed by atoms with Gasteiger partial charge in [0.1, 0.15) is 6.04 Å². The van der Waals surface area contributed by atoms with Gasteiger partial charge in [-0.2, -0.15) is 0 Å². The molecule has 1 aliphatic rings. The van der Waals surface area contributed by atoms with Crippen LogP contribution in [0.2, 0.25) is 10.0 Å². The van der Waals surface area contributed by atoms with Crippen LogP contribution in [0, 0.1) is 0 Å². The monoisotopic (exact) mass is 553 g/mol. The lowest BCUT2D eigenvalue weighted by Crippen LogP contribution is -2.53. The van der Waals surface area contributed by atoms with E-state index in [0.29, 0.717) is 40.6 Å². The molecule has 0 saturated carbocycles. The van der Waals surface area contributed by atoms with Crippen molar-refractivity contribution in [3.8, 4) is 0 Å². The number of hydrogen-bond acceptors (Lipinski definition) is 3. The summed E-state index contributed by atoms with van der Waals surface area (Å²) in [6.07, 6.45) is 1.08. The average Bonchev–Trinajstić information content (AvgIpc) is 3.12. The van der Waals surface area contributed by atoms with E-state index in [1.807, 2.05) is 64.1 Å². The third-order valence-electron chi connectivity index (χ3n) is 6.66. The van der Waals surface area contributed by atoms with Crippen LogP contribution in [0.5, 0.6) is 0 Å². The smallest absolute Gasteiger partial charge is 0.258 e. The van der Waals surface area contributed by atoms with Crippen molar-refractivity contribution in [2.75, 3.05) is 11.4 Å². The Morgan fingerprint density at radius 1 is 1.05 bits per heavy atom. The predicted octanol–water partition coefficient (Wildman–Crippen LogP) is 6.61. The van der Waals surface area contributed by atoms with Crippen molar-refractivity contribution in [1.29, 1.82) is 0 Å². The number of rotatable bonds is 9. The fraction of sp³-hybridized carbons (Fsp3) is 0.367. The summed E-state index contributed by atoms with van der Waals surface area (Å²) in [5, 5.41) is 5.92. The zero-order valence-electron chi connectivity index (χ0n) is 22.2. The zero-order valence-corrected chi connectivity index (χ0v) is 23.7. The second kappa shape index (κ2) is 11.3. The van der Waals surface area contributed by atoms with E-state index in [1.165, 1.54) is 0 Å². The summed E-state index contributed by atoms with van der Waals surface area (Å²) in [7, 11) is 0. The van der Waals surface area contributed by atoms with Gasteiger partial charge >= 0.3 is 0 Å². The highest BCUT2D eigenvalue weighted by molar-refractivity contribution is 6.35. The van der Waals surface area contributed by atoms with Crippen LogP contribution in [0.1, 0.15) is 62.9 Å². The number of halogens is 2. The van der Waals surface area contributed by atoms with E-state index in [-0.39, 0.29) is 30.7 Å². The lowest BCUT2D eigenvalue weighted by molar-refractivity contribution is -0.142. The zero-order chi connectivity index (χ0) is 27.6. The van der Waals surface area contributed by atoms with Gasteiger partial charge in [0.2, 0.25) is 11.8 Å². The first-order valence-corrected chi connectivity index (χ1v) is 13.6. The Morgan fingerprint density at radius 3 is 2.42 bits per heavy atom. The largest absolute Gasteiger partial charge is 0.350 e. The highest BCUT2D eigenvalue weighted by Gasteiger charge is 2.32. The maximum absolute atomic E-state index is 13.6. The molecule has 0 fully saturated rings. The molecular weight excluding hydrogens is 521 g/mol. The number of nitrogens with one attached hydrogen (secondary N) is 1. The van der Waals surface area contributed by atoms with Gasteiger partial charge in [0.15, 0.2) is 0 Å². The van der Waals surface area contributed by atoms with Gasteiger partial charge in [-0.25, -0.2) is 0 Å². The van der Waals surface area contributed by atoms with Crippen LogP contribution < -0.4 is 10.2 Å². The topological polar surface area (TPSA) is 69.7 Å². The molecule has 1 aliphatic heterocycles. The van der Waals surface area contributed by atoms with E-state index in [9.17, 15) is 14.4 Å². The molecule has 200 valence electrons. The summed E-state index contributed by atoms with van der Waals surface area (Å²) in [6.45, 7) is 8.19. The maximum atomic E-state index is 13.6. The summed E-state index contributed by atoms with van der Waals surface area (Å²) in [6, 6.07) is 16.1. The van der Waals surface area contributed by atoms with Gasteiger partial charge in [0.25, 0.3) is 5.91 Å². The molecule has 1 heterocycles. The highest BCUT2D eigenvalue weighted by atomic mass is 35.5. The standard InChI is InChI=1S/C30H33Cl2N3O3/c1-5-24(28(37)33-30(2,3)4)35(18-20-14-15-21(31)17-23(20)32)26(36)13-8-16-34-25-12-7-10-19-9-6-11-22(27(19)25)29(34)38/h6-7,9-12,14-15,17,24H,5,8,13,16,18H2,1-4H3,(H,33,37)/t24-/m0/s1. The van der Waals surface area contributed by atoms with Crippen molar-refractivity contribution in [2.24, 2.45) is 0 Å². The summed E-state index contributed by atoms with van der Waals surface area (Å²) >= 11 is 12.5.